The van der Waals surface area contributed by atoms with E-state index in [2.05, 4.69) is 4.99 Å². The maximum atomic E-state index is 11.9. The molecular weight excluding hydrogens is 393 g/mol. The van der Waals surface area contributed by atoms with Gasteiger partial charge in [0, 0.05) is 10.9 Å². The van der Waals surface area contributed by atoms with E-state index in [4.69, 9.17) is 28.5 Å². The molecule has 6 nitrogen and oxygen atoms in total. The van der Waals surface area contributed by atoms with Gasteiger partial charge in [-0.1, -0.05) is 35.0 Å². The van der Waals surface area contributed by atoms with Crippen molar-refractivity contribution < 1.29 is 13.2 Å². The second-order valence-corrected chi connectivity index (χ2v) is 9.57. The van der Waals surface area contributed by atoms with Crippen LogP contribution in [-0.2, 0) is 14.6 Å². The number of amidine groups is 1. The molecule has 2 aliphatic heterocycles. The molecule has 2 atom stereocenters. The quantitative estimate of drug-likeness (QED) is 0.753. The van der Waals surface area contributed by atoms with Crippen LogP contribution < -0.4 is 4.90 Å². The molecule has 10 heteroatoms. The van der Waals surface area contributed by atoms with Gasteiger partial charge in [-0.15, -0.1) is 0 Å². The minimum absolute atomic E-state index is 0.0175. The van der Waals surface area contributed by atoms with Gasteiger partial charge < -0.3 is 4.90 Å². The predicted molar refractivity (Wildman–Crippen MR) is 95.4 cm³/mol. The first kappa shape index (κ1) is 17.5. The zero-order chi connectivity index (χ0) is 17.5. The molecule has 1 amide bonds. The summed E-state index contributed by atoms with van der Waals surface area (Å²) < 4.78 is 23.9. The summed E-state index contributed by atoms with van der Waals surface area (Å²) in [5, 5.41) is 9.50. The number of halogens is 2. The van der Waals surface area contributed by atoms with Gasteiger partial charge in [-0.3, -0.25) is 4.79 Å². The lowest BCUT2D eigenvalue weighted by molar-refractivity contribution is -0.116. The average molecular weight is 404 g/mol. The number of carbonyl (C=O) groups excluding carboxylic acids is 1. The molecule has 2 fully saturated rings. The minimum Gasteiger partial charge on any atom is -0.316 e. The van der Waals surface area contributed by atoms with Gasteiger partial charge in [-0.05, 0) is 18.2 Å². The van der Waals surface area contributed by atoms with Crippen LogP contribution >= 0.6 is 35.0 Å². The summed E-state index contributed by atoms with van der Waals surface area (Å²) in [6, 6.07) is 6.35. The van der Waals surface area contributed by atoms with Crippen LogP contribution in [0.15, 0.2) is 23.2 Å². The van der Waals surface area contributed by atoms with Crippen LogP contribution in [-0.4, -0.2) is 42.3 Å². The summed E-state index contributed by atoms with van der Waals surface area (Å²) in [6.45, 7) is 0. The number of hydrogen-bond acceptors (Lipinski definition) is 5. The highest BCUT2D eigenvalue weighted by atomic mass is 35.5. The molecule has 1 aromatic carbocycles. The molecular formula is C14H11Cl2N3O3S2. The van der Waals surface area contributed by atoms with Crippen molar-refractivity contribution in [2.45, 2.75) is 17.7 Å². The minimum atomic E-state index is -3.14. The van der Waals surface area contributed by atoms with Crippen LogP contribution in [0.5, 0.6) is 0 Å². The lowest BCUT2D eigenvalue weighted by atomic mass is 10.2. The number of thioether (sulfide) groups is 1. The zero-order valence-corrected chi connectivity index (χ0v) is 15.3. The molecule has 0 radical (unpaired) electrons. The van der Waals surface area contributed by atoms with E-state index < -0.39 is 15.7 Å². The summed E-state index contributed by atoms with van der Waals surface area (Å²) in [6.07, 6.45) is -0.326. The number of fused-ring (bicyclic) bond motifs is 1. The monoisotopic (exact) mass is 403 g/mol. The maximum absolute atomic E-state index is 11.9. The van der Waals surface area contributed by atoms with Crippen molar-refractivity contribution in [3.05, 3.63) is 28.2 Å². The number of carbonyl (C=O) groups is 1. The Morgan fingerprint density at radius 3 is 2.79 bits per heavy atom. The number of sulfone groups is 1. The number of hydrogen-bond donors (Lipinski definition) is 0. The van der Waals surface area contributed by atoms with Crippen molar-refractivity contribution in [2.24, 2.45) is 4.99 Å². The zero-order valence-electron chi connectivity index (χ0n) is 12.1. The van der Waals surface area contributed by atoms with E-state index in [1.807, 2.05) is 0 Å². The van der Waals surface area contributed by atoms with Crippen LogP contribution in [0.2, 0.25) is 10.0 Å². The summed E-state index contributed by atoms with van der Waals surface area (Å²) in [5.41, 5.74) is 0.616. The summed E-state index contributed by atoms with van der Waals surface area (Å²) in [5.74, 6) is -0.546. The van der Waals surface area contributed by atoms with Crippen molar-refractivity contribution in [3.63, 3.8) is 0 Å². The number of benzene rings is 1. The number of anilines is 1. The van der Waals surface area contributed by atoms with Gasteiger partial charge in [-0.2, -0.15) is 10.3 Å². The standard InChI is InChI=1S/C14H11Cl2N3O3S2/c15-9-2-1-8(5-10(9)16)19-11-6-24(21,22)7-12(11)23-14(19)18-13(20)3-4-17/h1-2,5,11-12H,3,6-7H2/t11-,12+/m1/s1. The van der Waals surface area contributed by atoms with E-state index in [1.165, 1.54) is 11.8 Å². The highest BCUT2D eigenvalue weighted by molar-refractivity contribution is 8.16. The Labute approximate surface area is 153 Å². The first-order chi connectivity index (χ1) is 11.3. The van der Waals surface area contributed by atoms with E-state index in [-0.39, 0.29) is 29.2 Å². The largest absolute Gasteiger partial charge is 0.316 e. The molecule has 24 heavy (non-hydrogen) atoms. The van der Waals surface area contributed by atoms with Crippen LogP contribution in [0.25, 0.3) is 0 Å². The second kappa shape index (κ2) is 6.56. The Balaban J connectivity index is 2.03. The Hall–Kier alpha value is -1.27. The van der Waals surface area contributed by atoms with E-state index >= 15 is 0 Å². The Bertz CT molecular complexity index is 880. The number of nitriles is 1. The molecule has 0 N–H and O–H groups in total. The topological polar surface area (TPSA) is 90.6 Å². The third-order valence-corrected chi connectivity index (χ3v) is 7.65. The Morgan fingerprint density at radius 2 is 2.12 bits per heavy atom. The van der Waals surface area contributed by atoms with E-state index in [9.17, 15) is 13.2 Å². The average Bonchev–Trinajstić information content (AvgIpc) is 2.93. The molecule has 1 aromatic rings. The Kier molecular flexibility index (Phi) is 4.80. The maximum Gasteiger partial charge on any atom is 0.262 e. The number of nitrogens with zero attached hydrogens (tertiary/aromatic N) is 3. The van der Waals surface area contributed by atoms with Gasteiger partial charge in [0.05, 0.1) is 33.7 Å². The summed E-state index contributed by atoms with van der Waals surface area (Å²) in [4.78, 5) is 17.4. The molecule has 2 heterocycles. The fourth-order valence-corrected chi connectivity index (χ4v) is 6.94. The molecule has 0 spiro atoms. The van der Waals surface area contributed by atoms with E-state index in [1.54, 1.807) is 29.2 Å². The van der Waals surface area contributed by atoms with Crippen molar-refractivity contribution in [2.75, 3.05) is 16.4 Å². The van der Waals surface area contributed by atoms with Crippen molar-refractivity contribution in [1.29, 1.82) is 5.26 Å². The van der Waals surface area contributed by atoms with Crippen LogP contribution in [0.4, 0.5) is 5.69 Å². The fourth-order valence-electron chi connectivity index (χ4n) is 2.72. The fraction of sp³-hybridized carbons (Fsp3) is 0.357. The predicted octanol–water partition coefficient (Wildman–Crippen LogP) is 2.51. The molecule has 0 unspecified atom stereocenters. The number of aliphatic imine (C=N–C) groups is 1. The molecule has 2 aliphatic rings. The molecule has 126 valence electrons. The Morgan fingerprint density at radius 1 is 1.38 bits per heavy atom. The molecule has 0 aliphatic carbocycles. The molecule has 0 aromatic heterocycles. The van der Waals surface area contributed by atoms with Gasteiger partial charge in [0.2, 0.25) is 0 Å². The molecule has 2 saturated heterocycles. The third kappa shape index (κ3) is 3.40. The highest BCUT2D eigenvalue weighted by Gasteiger charge is 2.49. The van der Waals surface area contributed by atoms with E-state index in [0.717, 1.165) is 0 Å². The van der Waals surface area contributed by atoms with Gasteiger partial charge in [0.15, 0.2) is 15.0 Å². The van der Waals surface area contributed by atoms with Crippen LogP contribution in [0, 0.1) is 11.3 Å². The lowest BCUT2D eigenvalue weighted by Gasteiger charge is -2.24. The smallest absolute Gasteiger partial charge is 0.262 e. The second-order valence-electron chi connectivity index (χ2n) is 5.39. The van der Waals surface area contributed by atoms with Crippen LogP contribution in [0.1, 0.15) is 6.42 Å². The van der Waals surface area contributed by atoms with Gasteiger partial charge in [0.25, 0.3) is 5.91 Å². The van der Waals surface area contributed by atoms with Crippen molar-refractivity contribution in [3.8, 4) is 6.07 Å². The molecule has 0 saturated carbocycles. The van der Waals surface area contributed by atoms with Crippen molar-refractivity contribution >= 4 is 61.6 Å². The van der Waals surface area contributed by atoms with Crippen LogP contribution in [0.3, 0.4) is 0 Å². The summed E-state index contributed by atoms with van der Waals surface area (Å²) in [7, 11) is -3.14. The number of amides is 1. The summed E-state index contributed by atoms with van der Waals surface area (Å²) >= 11 is 13.2. The normalized spacial score (nSPS) is 26.4. The van der Waals surface area contributed by atoms with Gasteiger partial charge >= 0.3 is 0 Å². The SMILES string of the molecule is N#CCC(=O)N=C1S[C@H]2CS(=O)(=O)C[C@H]2N1c1ccc(Cl)c(Cl)c1. The third-order valence-electron chi connectivity index (χ3n) is 3.70. The van der Waals surface area contributed by atoms with Gasteiger partial charge in [0.1, 0.15) is 6.42 Å². The van der Waals surface area contributed by atoms with E-state index in [0.29, 0.717) is 20.9 Å². The first-order valence-corrected chi connectivity index (χ1v) is 10.4. The molecule has 0 bridgehead atoms. The lowest BCUT2D eigenvalue weighted by Crippen LogP contribution is -2.37. The van der Waals surface area contributed by atoms with Crippen molar-refractivity contribution in [1.82, 2.24) is 0 Å². The molecule has 3 rings (SSSR count). The number of rotatable bonds is 2. The first-order valence-electron chi connectivity index (χ1n) is 6.90. The van der Waals surface area contributed by atoms with Gasteiger partial charge in [-0.25, -0.2) is 8.42 Å². The highest BCUT2D eigenvalue weighted by Crippen LogP contribution is 2.42.